The predicted octanol–water partition coefficient (Wildman–Crippen LogP) is 1.69. The molecule has 2 N–H and O–H groups in total. The predicted molar refractivity (Wildman–Crippen MR) is 58.5 cm³/mol. The van der Waals surface area contributed by atoms with Crippen LogP contribution in [-0.4, -0.2) is 18.2 Å². The van der Waals surface area contributed by atoms with Crippen LogP contribution in [0.1, 0.15) is 10.4 Å². The standard InChI is InChI=1S/C8H9NO4PS/c1-12-9-14(15)13-7-5-3-2-4-6(7)8(10)11/h2-5H,1H3,(H,9,15)(H,10,11). The molecule has 0 aromatic heterocycles. The van der Waals surface area contributed by atoms with Crippen molar-refractivity contribution in [2.75, 3.05) is 7.11 Å². The Morgan fingerprint density at radius 2 is 2.20 bits per heavy atom. The van der Waals surface area contributed by atoms with E-state index in [0.29, 0.717) is 0 Å². The molecule has 0 bridgehead atoms. The van der Waals surface area contributed by atoms with E-state index >= 15 is 0 Å². The van der Waals surface area contributed by atoms with Crippen LogP contribution in [0.15, 0.2) is 24.3 Å². The van der Waals surface area contributed by atoms with Crippen molar-refractivity contribution in [1.82, 2.24) is 5.25 Å². The quantitative estimate of drug-likeness (QED) is 0.608. The first-order chi connectivity index (χ1) is 7.15. The third-order valence-corrected chi connectivity index (χ3v) is 2.61. The minimum Gasteiger partial charge on any atom is -0.478 e. The molecule has 0 saturated heterocycles. The van der Waals surface area contributed by atoms with Crippen LogP contribution in [0.4, 0.5) is 0 Å². The first kappa shape index (κ1) is 12.0. The van der Waals surface area contributed by atoms with Crippen LogP contribution < -0.4 is 9.77 Å². The third-order valence-electron chi connectivity index (χ3n) is 1.46. The van der Waals surface area contributed by atoms with Gasteiger partial charge in [-0.05, 0) is 23.9 Å². The van der Waals surface area contributed by atoms with E-state index in [-0.39, 0.29) is 11.3 Å². The number of rotatable bonds is 5. The smallest absolute Gasteiger partial charge is 0.339 e. The van der Waals surface area contributed by atoms with Crippen LogP contribution in [0.3, 0.4) is 0 Å². The second-order valence-corrected chi connectivity index (χ2v) is 4.32. The maximum Gasteiger partial charge on any atom is 0.339 e. The molecule has 1 atom stereocenters. The van der Waals surface area contributed by atoms with Crippen molar-refractivity contribution in [2.24, 2.45) is 0 Å². The highest BCUT2D eigenvalue weighted by Crippen LogP contribution is 2.27. The average molecular weight is 246 g/mol. The second-order valence-electron chi connectivity index (χ2n) is 2.45. The lowest BCUT2D eigenvalue weighted by molar-refractivity contribution is 0.0695. The van der Waals surface area contributed by atoms with E-state index in [4.69, 9.17) is 21.4 Å². The summed E-state index contributed by atoms with van der Waals surface area (Å²) in [6, 6.07) is 6.28. The van der Waals surface area contributed by atoms with Gasteiger partial charge in [-0.2, -0.15) is 0 Å². The molecule has 0 fully saturated rings. The molecule has 1 aromatic carbocycles. The van der Waals surface area contributed by atoms with Crippen molar-refractivity contribution in [1.29, 1.82) is 0 Å². The number of nitrogens with one attached hydrogen (secondary N) is 1. The SMILES string of the molecule is CON[P](=S)Oc1ccccc1C(=O)O. The maximum absolute atomic E-state index is 10.8. The minimum atomic E-state index is -1.45. The molecule has 0 spiro atoms. The Labute approximate surface area is 92.5 Å². The maximum atomic E-state index is 10.8. The fourth-order valence-corrected chi connectivity index (χ4v) is 1.89. The number of hydrogen-bond donors (Lipinski definition) is 2. The number of para-hydroxylation sites is 1. The van der Waals surface area contributed by atoms with Gasteiger partial charge in [0, 0.05) is 0 Å². The van der Waals surface area contributed by atoms with Gasteiger partial charge < -0.3 is 9.63 Å². The van der Waals surface area contributed by atoms with E-state index in [1.54, 1.807) is 18.2 Å². The number of benzene rings is 1. The molecule has 15 heavy (non-hydrogen) atoms. The van der Waals surface area contributed by atoms with Gasteiger partial charge >= 0.3 is 5.97 Å². The summed E-state index contributed by atoms with van der Waals surface area (Å²) in [7, 11) is -0.0393. The van der Waals surface area contributed by atoms with Crippen molar-refractivity contribution < 1.29 is 19.3 Å². The van der Waals surface area contributed by atoms with Crippen LogP contribution in [0.2, 0.25) is 0 Å². The molecule has 0 aliphatic carbocycles. The first-order valence-electron chi connectivity index (χ1n) is 3.91. The normalized spacial score (nSPS) is 10.9. The molecule has 0 aliphatic heterocycles. The summed E-state index contributed by atoms with van der Waals surface area (Å²) < 4.78 is 5.21. The Morgan fingerprint density at radius 3 is 2.80 bits per heavy atom. The zero-order chi connectivity index (χ0) is 11.3. The van der Waals surface area contributed by atoms with E-state index in [1.807, 2.05) is 0 Å². The van der Waals surface area contributed by atoms with E-state index in [0.717, 1.165) is 0 Å². The Balaban J connectivity index is 2.84. The van der Waals surface area contributed by atoms with E-state index < -0.39 is 13.0 Å². The molecule has 5 nitrogen and oxygen atoms in total. The highest BCUT2D eigenvalue weighted by Gasteiger charge is 2.11. The summed E-state index contributed by atoms with van der Waals surface area (Å²) in [6.07, 6.45) is 0. The number of hydrogen-bond acceptors (Lipinski definition) is 4. The van der Waals surface area contributed by atoms with Gasteiger partial charge in [0.25, 0.3) is 0 Å². The third kappa shape index (κ3) is 3.53. The molecule has 1 aromatic rings. The van der Waals surface area contributed by atoms with Gasteiger partial charge in [0.1, 0.15) is 11.3 Å². The number of aromatic carboxylic acids is 1. The van der Waals surface area contributed by atoms with Crippen LogP contribution in [0, 0.1) is 0 Å². The molecule has 7 heteroatoms. The molecule has 0 aliphatic rings. The molecule has 0 saturated carbocycles. The zero-order valence-corrected chi connectivity index (χ0v) is 9.55. The molecule has 1 radical (unpaired) electrons. The average Bonchev–Trinajstić information content (AvgIpc) is 2.18. The summed E-state index contributed by atoms with van der Waals surface area (Å²) >= 11 is 4.88. The van der Waals surface area contributed by atoms with Crippen molar-refractivity contribution in [3.8, 4) is 5.75 Å². The van der Waals surface area contributed by atoms with E-state index in [2.05, 4.69) is 10.1 Å². The Bertz CT molecular complexity index is 385. The van der Waals surface area contributed by atoms with Gasteiger partial charge in [0.2, 0.25) is 7.07 Å². The molecular formula is C8H9NO4PS. The highest BCUT2D eigenvalue weighted by atomic mass is 32.4. The second kappa shape index (κ2) is 5.72. The van der Waals surface area contributed by atoms with Gasteiger partial charge in [-0.15, -0.1) is 5.25 Å². The molecule has 1 unspecified atom stereocenters. The lowest BCUT2D eigenvalue weighted by atomic mass is 10.2. The van der Waals surface area contributed by atoms with E-state index in [9.17, 15) is 4.79 Å². The van der Waals surface area contributed by atoms with Gasteiger partial charge in [0.05, 0.1) is 7.11 Å². The van der Waals surface area contributed by atoms with E-state index in [1.165, 1.54) is 13.2 Å². The number of carbonyl (C=O) groups is 1. The van der Waals surface area contributed by atoms with Crippen molar-refractivity contribution in [3.05, 3.63) is 29.8 Å². The summed E-state index contributed by atoms with van der Waals surface area (Å²) in [5.74, 6) is -0.822. The van der Waals surface area contributed by atoms with Crippen molar-refractivity contribution in [2.45, 2.75) is 0 Å². The first-order valence-corrected chi connectivity index (χ1v) is 6.18. The molecule has 1 rings (SSSR count). The summed E-state index contributed by atoms with van der Waals surface area (Å²) in [6.45, 7) is 0. The minimum absolute atomic E-state index is 0.0766. The number of carboxylic acids is 1. The zero-order valence-electron chi connectivity index (χ0n) is 7.84. The molecule has 81 valence electrons. The molecule has 0 heterocycles. The van der Waals surface area contributed by atoms with Crippen LogP contribution in [0.25, 0.3) is 0 Å². The summed E-state index contributed by atoms with van der Waals surface area (Å²) in [5.41, 5.74) is 0.0766. The Morgan fingerprint density at radius 1 is 1.53 bits per heavy atom. The molecular weight excluding hydrogens is 237 g/mol. The molecule has 0 amide bonds. The number of carboxylic acid groups (broad SMARTS) is 1. The van der Waals surface area contributed by atoms with Gasteiger partial charge in [0.15, 0.2) is 0 Å². The highest BCUT2D eigenvalue weighted by molar-refractivity contribution is 8.02. The Hall–Kier alpha value is -1.07. The van der Waals surface area contributed by atoms with Gasteiger partial charge in [-0.25, -0.2) is 4.79 Å². The van der Waals surface area contributed by atoms with Gasteiger partial charge in [-0.1, -0.05) is 12.1 Å². The largest absolute Gasteiger partial charge is 0.478 e. The lowest BCUT2D eigenvalue weighted by Gasteiger charge is -2.08. The van der Waals surface area contributed by atoms with Gasteiger partial charge in [-0.3, -0.25) is 4.84 Å². The lowest BCUT2D eigenvalue weighted by Crippen LogP contribution is -2.05. The van der Waals surface area contributed by atoms with Crippen LogP contribution in [0.5, 0.6) is 5.75 Å². The van der Waals surface area contributed by atoms with Crippen LogP contribution >= 0.6 is 7.07 Å². The van der Waals surface area contributed by atoms with Crippen molar-refractivity contribution >= 4 is 24.9 Å². The summed E-state index contributed by atoms with van der Waals surface area (Å²) in [4.78, 5) is 15.4. The summed E-state index contributed by atoms with van der Waals surface area (Å²) in [5, 5.41) is 11.3. The van der Waals surface area contributed by atoms with Crippen molar-refractivity contribution in [3.63, 3.8) is 0 Å². The topological polar surface area (TPSA) is 67.8 Å². The monoisotopic (exact) mass is 246 g/mol. The Kier molecular flexibility index (Phi) is 4.58. The fraction of sp³-hybridized carbons (Fsp3) is 0.125. The fourth-order valence-electron chi connectivity index (χ4n) is 0.905. The van der Waals surface area contributed by atoms with Crippen LogP contribution in [-0.2, 0) is 16.6 Å².